The molecule has 0 spiro atoms. The number of aryl methyl sites for hydroxylation is 1. The summed E-state index contributed by atoms with van der Waals surface area (Å²) in [6, 6.07) is 27.0. The molecule has 0 heterocycles. The van der Waals surface area contributed by atoms with Crippen LogP contribution in [-0.4, -0.2) is 3.71 Å². The first-order valence-electron chi connectivity index (χ1n) is 18.1. The van der Waals surface area contributed by atoms with Crippen LogP contribution in [0.4, 0.5) is 0 Å². The van der Waals surface area contributed by atoms with Crippen LogP contribution in [0.1, 0.15) is 140 Å². The van der Waals surface area contributed by atoms with Gasteiger partial charge in [-0.2, -0.15) is 28.8 Å². The van der Waals surface area contributed by atoms with Gasteiger partial charge in [-0.05, 0) is 62.3 Å². The van der Waals surface area contributed by atoms with Gasteiger partial charge in [0, 0.05) is 5.41 Å². The summed E-state index contributed by atoms with van der Waals surface area (Å²) in [5.74, 6) is 0. The normalized spacial score (nSPS) is 15.9. The Labute approximate surface area is 338 Å². The Kier molecular flexibility index (Phi) is 13.0. The molecule has 0 fully saturated rings. The molecule has 0 unspecified atom stereocenters. The number of halogens is 2. The molecule has 3 heteroatoms. The molecule has 0 bridgehead atoms. The third-order valence-corrected chi connectivity index (χ3v) is 11.1. The van der Waals surface area contributed by atoms with Crippen molar-refractivity contribution in [3.63, 3.8) is 0 Å². The van der Waals surface area contributed by atoms with Crippen molar-refractivity contribution >= 4 is 14.9 Å². The Bertz CT molecular complexity index is 1850. The average molecular weight is 797 g/mol. The first-order valence-corrected chi connectivity index (χ1v) is 19.5. The average Bonchev–Trinajstić information content (AvgIpc) is 3.73. The van der Waals surface area contributed by atoms with Gasteiger partial charge in [0.15, 0.2) is 0 Å². The summed E-state index contributed by atoms with van der Waals surface area (Å²) in [7, 11) is 0. The van der Waals surface area contributed by atoms with E-state index in [0.29, 0.717) is 5.41 Å². The van der Waals surface area contributed by atoms with Crippen molar-refractivity contribution in [2.45, 2.75) is 120 Å². The van der Waals surface area contributed by atoms with Gasteiger partial charge in [0.2, 0.25) is 0 Å². The molecule has 3 aliphatic carbocycles. The van der Waals surface area contributed by atoms with Crippen LogP contribution in [0.5, 0.6) is 0 Å². The number of hydrogen-bond acceptors (Lipinski definition) is 0. The summed E-state index contributed by atoms with van der Waals surface area (Å²) < 4.78 is 2.17. The Morgan fingerprint density at radius 3 is 1.67 bits per heavy atom. The molecule has 0 amide bonds. The molecular formula is C48H58Cl2Zr-2. The zero-order chi connectivity index (χ0) is 36.3. The van der Waals surface area contributed by atoms with Crippen molar-refractivity contribution in [1.82, 2.24) is 0 Å². The third kappa shape index (κ3) is 9.14. The summed E-state index contributed by atoms with van der Waals surface area (Å²) in [4.78, 5) is 0. The fourth-order valence-electron chi connectivity index (χ4n) is 7.52. The fourth-order valence-corrected chi connectivity index (χ4v) is 8.00. The van der Waals surface area contributed by atoms with Crippen LogP contribution >= 0.6 is 0 Å². The van der Waals surface area contributed by atoms with Crippen molar-refractivity contribution in [2.75, 3.05) is 0 Å². The molecule has 0 saturated carbocycles. The maximum absolute atomic E-state index is 3.85. The zero-order valence-electron chi connectivity index (χ0n) is 33.5. The minimum absolute atomic E-state index is 0. The number of benzene rings is 3. The van der Waals surface area contributed by atoms with E-state index in [9.17, 15) is 0 Å². The van der Waals surface area contributed by atoms with E-state index in [2.05, 4.69) is 180 Å². The van der Waals surface area contributed by atoms with Crippen LogP contribution in [0.3, 0.4) is 0 Å². The molecule has 0 radical (unpaired) electrons. The monoisotopic (exact) mass is 794 g/mol. The van der Waals surface area contributed by atoms with Crippen LogP contribution in [0.2, 0.25) is 0 Å². The van der Waals surface area contributed by atoms with E-state index in [-0.39, 0.29) is 46.5 Å². The second-order valence-corrected chi connectivity index (χ2v) is 19.4. The molecule has 0 nitrogen and oxygen atoms in total. The molecule has 0 aromatic heterocycles. The molecule has 4 aromatic carbocycles. The standard InChI is InChI=1S/C31H37.C10H15.C7H6.2ClH.Zr/c1-28(2,3)26-16-30(7,8)24-12-18-11-19-13-25-23(15-21(19)20(18)14-22(24)26)27(29(4,5)6)17-31(25,9)10;1-8-5-6-9(7-8)10(2,3)4;1-7-5-3-2-4-6-7;;;/h12-16H,11H2,1-10H3;5-7H,1-4H3;1-6H;2*1H;/q2*-1;;;;+2/p-2. The molecule has 0 N–H and O–H groups in total. The van der Waals surface area contributed by atoms with Crippen LogP contribution < -0.4 is 24.8 Å². The van der Waals surface area contributed by atoms with E-state index in [1.165, 1.54) is 96.6 Å². The second kappa shape index (κ2) is 15.3. The van der Waals surface area contributed by atoms with Crippen molar-refractivity contribution in [3.05, 3.63) is 135 Å². The number of hydrogen-bond donors (Lipinski definition) is 0. The van der Waals surface area contributed by atoms with Crippen molar-refractivity contribution in [2.24, 2.45) is 10.8 Å². The van der Waals surface area contributed by atoms with Gasteiger partial charge in [-0.1, -0.05) is 126 Å². The van der Waals surface area contributed by atoms with Gasteiger partial charge in [-0.15, -0.1) is 11.6 Å². The quantitative estimate of drug-likeness (QED) is 0.162. The summed E-state index contributed by atoms with van der Waals surface area (Å²) >= 11 is 1.46. The molecule has 3 aliphatic rings. The van der Waals surface area contributed by atoms with Gasteiger partial charge in [0.1, 0.15) is 0 Å². The molecule has 270 valence electrons. The van der Waals surface area contributed by atoms with Crippen LogP contribution in [0.15, 0.2) is 78.9 Å². The van der Waals surface area contributed by atoms with E-state index < -0.39 is 0 Å². The molecule has 0 saturated heterocycles. The molecule has 0 atom stereocenters. The first-order chi connectivity index (χ1) is 22.5. The van der Waals surface area contributed by atoms with Crippen molar-refractivity contribution < 1.29 is 49.0 Å². The Hall–Kier alpha value is -2.18. The molecule has 7 rings (SSSR count). The SMILES string of the molecule is CC(C)(C)C1=[C-]C(C)(C)c2cc3c(cc21)-c1cc2c(cc1C3)C(C)(C)C=C2C(C)(C)C.Cc1cc(C(C)(C)C)c[cH-]1.[Cl-].[Cl-].[Zr+2]=[CH]c1ccccc1. The molecular weight excluding hydrogens is 739 g/mol. The predicted molar refractivity (Wildman–Crippen MR) is 211 cm³/mol. The van der Waals surface area contributed by atoms with E-state index in [4.69, 9.17) is 0 Å². The zero-order valence-corrected chi connectivity index (χ0v) is 37.5. The fraction of sp³-hybridized carbons (Fsp3) is 0.417. The predicted octanol–water partition coefficient (Wildman–Crippen LogP) is 6.91. The van der Waals surface area contributed by atoms with Gasteiger partial charge in [-0.25, -0.2) is 11.6 Å². The van der Waals surface area contributed by atoms with Crippen LogP contribution in [0.25, 0.3) is 22.3 Å². The summed E-state index contributed by atoms with van der Waals surface area (Å²) in [6.45, 7) is 32.2. The van der Waals surface area contributed by atoms with Crippen LogP contribution in [0, 0.1) is 23.8 Å². The van der Waals surface area contributed by atoms with Crippen molar-refractivity contribution in [3.8, 4) is 11.1 Å². The van der Waals surface area contributed by atoms with Gasteiger partial charge < -0.3 is 24.8 Å². The van der Waals surface area contributed by atoms with Crippen LogP contribution in [-0.2, 0) is 46.9 Å². The minimum atomic E-state index is -0.0202. The first kappa shape index (κ1) is 43.2. The second-order valence-electron chi connectivity index (χ2n) is 18.7. The van der Waals surface area contributed by atoms with Gasteiger partial charge >= 0.3 is 63.8 Å². The van der Waals surface area contributed by atoms with E-state index in [1.54, 1.807) is 0 Å². The Morgan fingerprint density at radius 1 is 0.686 bits per heavy atom. The summed E-state index contributed by atoms with van der Waals surface area (Å²) in [5, 5.41) is 0. The molecule has 0 aliphatic heterocycles. The topological polar surface area (TPSA) is 0 Å². The van der Waals surface area contributed by atoms with E-state index >= 15 is 0 Å². The maximum atomic E-state index is 3.85. The number of allylic oxidation sites excluding steroid dienone is 4. The number of rotatable bonds is 1. The Morgan fingerprint density at radius 2 is 1.24 bits per heavy atom. The molecule has 51 heavy (non-hydrogen) atoms. The van der Waals surface area contributed by atoms with Gasteiger partial charge in [0.25, 0.3) is 0 Å². The summed E-state index contributed by atoms with van der Waals surface area (Å²) in [5.41, 5.74) is 19.3. The third-order valence-electron chi connectivity index (χ3n) is 10.3. The molecule has 4 aromatic rings. The van der Waals surface area contributed by atoms with Crippen molar-refractivity contribution in [1.29, 1.82) is 0 Å². The van der Waals surface area contributed by atoms with E-state index in [1.807, 2.05) is 6.07 Å². The Balaban J connectivity index is 0.000000289. The number of fused-ring (bicyclic) bond motifs is 5. The van der Waals surface area contributed by atoms with E-state index in [0.717, 1.165) is 6.42 Å². The van der Waals surface area contributed by atoms with Gasteiger partial charge in [-0.3, -0.25) is 6.08 Å². The van der Waals surface area contributed by atoms with Gasteiger partial charge in [0.05, 0.1) is 0 Å². The summed E-state index contributed by atoms with van der Waals surface area (Å²) in [6.07, 6.45) is 7.41.